The molecule has 1 aliphatic heterocycles. The first kappa shape index (κ1) is 23.3. The number of hydrogen-bond acceptors (Lipinski definition) is 6. The van der Waals surface area contributed by atoms with Gasteiger partial charge in [0.2, 0.25) is 0 Å². The van der Waals surface area contributed by atoms with Crippen molar-refractivity contribution in [3.63, 3.8) is 0 Å². The number of hydrogen-bond donors (Lipinski definition) is 4. The predicted octanol–water partition coefficient (Wildman–Crippen LogP) is 3.78. The topological polar surface area (TPSA) is 124 Å². The number of pyridine rings is 1. The third-order valence-electron chi connectivity index (χ3n) is 6.08. The molecule has 5 rings (SSSR count). The maximum atomic E-state index is 13.1. The number of para-hydroxylation sites is 1. The zero-order chi connectivity index (χ0) is 25.1. The maximum absolute atomic E-state index is 13.1. The number of amides is 3. The fourth-order valence-electron chi connectivity index (χ4n) is 4.27. The van der Waals surface area contributed by atoms with Gasteiger partial charge in [0.15, 0.2) is 0 Å². The van der Waals surface area contributed by atoms with Crippen molar-refractivity contribution in [1.82, 2.24) is 19.7 Å². The van der Waals surface area contributed by atoms with Crippen LogP contribution in [0.4, 0.5) is 22.0 Å². The minimum absolute atomic E-state index is 0.236. The molecule has 10 heteroatoms. The van der Waals surface area contributed by atoms with Crippen molar-refractivity contribution >= 4 is 40.0 Å². The van der Waals surface area contributed by atoms with E-state index in [-0.39, 0.29) is 11.9 Å². The van der Waals surface area contributed by atoms with Crippen LogP contribution in [0.5, 0.6) is 0 Å². The number of nitrogens with zero attached hydrogens (tertiary/aromatic N) is 4. The van der Waals surface area contributed by atoms with Gasteiger partial charge in [-0.05, 0) is 60.9 Å². The first-order valence-electron chi connectivity index (χ1n) is 11.7. The van der Waals surface area contributed by atoms with Crippen LogP contribution in [0.15, 0.2) is 67.0 Å². The highest BCUT2D eigenvalue weighted by molar-refractivity contribution is 6.08. The van der Waals surface area contributed by atoms with E-state index in [4.69, 9.17) is 0 Å². The molecule has 184 valence electrons. The van der Waals surface area contributed by atoms with Gasteiger partial charge in [-0.15, -0.1) is 0 Å². The Bertz CT molecular complexity index is 1420. The number of aryl methyl sites for hydroxylation is 1. The molecule has 0 bridgehead atoms. The van der Waals surface area contributed by atoms with E-state index in [1.165, 1.54) is 4.90 Å². The Morgan fingerprint density at radius 2 is 1.97 bits per heavy atom. The number of urea groups is 1. The lowest BCUT2D eigenvalue weighted by atomic mass is 10.1. The van der Waals surface area contributed by atoms with Crippen molar-refractivity contribution in [3.8, 4) is 0 Å². The third-order valence-corrected chi connectivity index (χ3v) is 6.08. The van der Waals surface area contributed by atoms with Gasteiger partial charge >= 0.3 is 6.03 Å². The summed E-state index contributed by atoms with van der Waals surface area (Å²) in [6.45, 7) is 0.935. The van der Waals surface area contributed by atoms with Gasteiger partial charge in [-0.1, -0.05) is 12.1 Å². The normalized spacial score (nSPS) is 15.2. The van der Waals surface area contributed by atoms with Gasteiger partial charge in [0.1, 0.15) is 12.0 Å². The maximum Gasteiger partial charge on any atom is 0.325 e. The van der Waals surface area contributed by atoms with Gasteiger partial charge in [0.05, 0.1) is 11.1 Å². The number of carbonyl (C=O) groups is 2. The van der Waals surface area contributed by atoms with Gasteiger partial charge in [0, 0.05) is 49.3 Å². The molecule has 2 aromatic heterocycles. The quantitative estimate of drug-likeness (QED) is 0.330. The van der Waals surface area contributed by atoms with Crippen LogP contribution < -0.4 is 16.0 Å². The summed E-state index contributed by atoms with van der Waals surface area (Å²) in [5.41, 5.74) is 3.53. The molecule has 2 aromatic carbocycles. The fraction of sp³-hybridized carbons (Fsp3) is 0.231. The van der Waals surface area contributed by atoms with E-state index in [9.17, 15) is 14.7 Å². The third kappa shape index (κ3) is 5.13. The molecule has 3 amide bonds. The van der Waals surface area contributed by atoms with E-state index in [1.807, 2.05) is 55.7 Å². The minimum Gasteiger partial charge on any atom is -0.380 e. The lowest BCUT2D eigenvalue weighted by Crippen LogP contribution is -2.38. The van der Waals surface area contributed by atoms with Gasteiger partial charge in [0.25, 0.3) is 5.91 Å². The monoisotopic (exact) mass is 485 g/mol. The smallest absolute Gasteiger partial charge is 0.325 e. The molecule has 1 saturated heterocycles. The number of anilines is 3. The number of fused-ring (bicyclic) bond motifs is 1. The van der Waals surface area contributed by atoms with Gasteiger partial charge in [-0.3, -0.25) is 19.7 Å². The van der Waals surface area contributed by atoms with Crippen molar-refractivity contribution in [1.29, 1.82) is 0 Å². The second-order valence-electron chi connectivity index (χ2n) is 8.73. The Hall–Kier alpha value is -4.44. The standard InChI is InChI=1S/C26H27N7O3/c1-32-16-18-8-9-19(14-22(18)31-32)29-25(35)20-5-2-3-6-21(20)28-15-17-10-11-27-23(13-17)30-26(36)33-12-4-7-24(33)34/h2-3,5-6,8-11,13-14,16,24,28,34H,4,7,12,15H2,1H3,(H,29,35)(H,27,30,36)/t24-/m0/s1. The Morgan fingerprint density at radius 1 is 1.11 bits per heavy atom. The first-order valence-corrected chi connectivity index (χ1v) is 11.7. The molecule has 0 unspecified atom stereocenters. The summed E-state index contributed by atoms with van der Waals surface area (Å²) >= 11 is 0. The fourth-order valence-corrected chi connectivity index (χ4v) is 4.27. The summed E-state index contributed by atoms with van der Waals surface area (Å²) in [6.07, 6.45) is 4.13. The van der Waals surface area contributed by atoms with Gasteiger partial charge < -0.3 is 15.7 Å². The molecule has 4 aromatic rings. The highest BCUT2D eigenvalue weighted by Crippen LogP contribution is 2.22. The van der Waals surface area contributed by atoms with E-state index < -0.39 is 6.23 Å². The Labute approximate surface area is 207 Å². The summed E-state index contributed by atoms with van der Waals surface area (Å²) < 4.78 is 1.74. The number of nitrogens with one attached hydrogen (secondary N) is 3. The van der Waals surface area contributed by atoms with Crippen LogP contribution in [0.1, 0.15) is 28.8 Å². The van der Waals surface area contributed by atoms with Crippen LogP contribution in [0.25, 0.3) is 10.9 Å². The number of aliphatic hydroxyl groups is 1. The molecule has 36 heavy (non-hydrogen) atoms. The molecule has 4 N–H and O–H groups in total. The Morgan fingerprint density at radius 3 is 2.81 bits per heavy atom. The van der Waals surface area contributed by atoms with Crippen LogP contribution in [0.3, 0.4) is 0 Å². The summed E-state index contributed by atoms with van der Waals surface area (Å²) in [4.78, 5) is 31.1. The van der Waals surface area contributed by atoms with Crippen molar-refractivity contribution in [2.45, 2.75) is 25.6 Å². The summed E-state index contributed by atoms with van der Waals surface area (Å²) in [6, 6.07) is 16.1. The molecule has 1 aliphatic rings. The second-order valence-corrected chi connectivity index (χ2v) is 8.73. The van der Waals surface area contributed by atoms with E-state index in [1.54, 1.807) is 23.0 Å². The molecule has 1 atom stereocenters. The zero-order valence-electron chi connectivity index (χ0n) is 19.8. The molecule has 1 fully saturated rings. The predicted molar refractivity (Wildman–Crippen MR) is 138 cm³/mol. The molecular weight excluding hydrogens is 458 g/mol. The molecule has 0 aliphatic carbocycles. The lowest BCUT2D eigenvalue weighted by molar-refractivity contribution is 0.0666. The van der Waals surface area contributed by atoms with E-state index in [0.717, 1.165) is 22.9 Å². The molecule has 0 spiro atoms. The van der Waals surface area contributed by atoms with E-state index in [2.05, 4.69) is 26.0 Å². The second kappa shape index (κ2) is 10.0. The van der Waals surface area contributed by atoms with Crippen molar-refractivity contribution in [2.24, 2.45) is 7.05 Å². The Kier molecular flexibility index (Phi) is 6.50. The molecule has 10 nitrogen and oxygen atoms in total. The van der Waals surface area contributed by atoms with Crippen LogP contribution in [0, 0.1) is 0 Å². The molecule has 3 heterocycles. The van der Waals surface area contributed by atoms with Gasteiger partial charge in [-0.25, -0.2) is 9.78 Å². The average molecular weight is 486 g/mol. The summed E-state index contributed by atoms with van der Waals surface area (Å²) in [5.74, 6) is 0.162. The number of rotatable bonds is 6. The van der Waals surface area contributed by atoms with Crippen molar-refractivity contribution in [2.75, 3.05) is 22.5 Å². The number of aromatic nitrogens is 3. The number of aliphatic hydroxyl groups excluding tert-OH is 1. The van der Waals surface area contributed by atoms with Crippen LogP contribution >= 0.6 is 0 Å². The van der Waals surface area contributed by atoms with Crippen LogP contribution in [0.2, 0.25) is 0 Å². The zero-order valence-corrected chi connectivity index (χ0v) is 19.8. The molecular formula is C26H27N7O3. The highest BCUT2D eigenvalue weighted by atomic mass is 16.3. The largest absolute Gasteiger partial charge is 0.380 e. The number of likely N-dealkylation sites (tertiary alicyclic amines) is 1. The number of carbonyl (C=O) groups excluding carboxylic acids is 2. The van der Waals surface area contributed by atoms with Crippen molar-refractivity contribution in [3.05, 3.63) is 78.1 Å². The molecule has 0 saturated carbocycles. The highest BCUT2D eigenvalue weighted by Gasteiger charge is 2.26. The number of benzene rings is 2. The summed E-state index contributed by atoms with van der Waals surface area (Å²) in [5, 5.41) is 24.3. The van der Waals surface area contributed by atoms with Crippen LogP contribution in [-0.4, -0.2) is 49.5 Å². The Balaban J connectivity index is 1.25. The first-order chi connectivity index (χ1) is 17.5. The average Bonchev–Trinajstić information content (AvgIpc) is 3.47. The van der Waals surface area contributed by atoms with E-state index in [0.29, 0.717) is 42.3 Å². The molecule has 0 radical (unpaired) electrons. The van der Waals surface area contributed by atoms with Crippen molar-refractivity contribution < 1.29 is 14.7 Å². The lowest BCUT2D eigenvalue weighted by Gasteiger charge is -2.20. The summed E-state index contributed by atoms with van der Waals surface area (Å²) in [7, 11) is 1.86. The minimum atomic E-state index is -0.761. The van der Waals surface area contributed by atoms with Gasteiger partial charge in [-0.2, -0.15) is 5.10 Å². The van der Waals surface area contributed by atoms with Crippen LogP contribution in [-0.2, 0) is 13.6 Å². The van der Waals surface area contributed by atoms with E-state index >= 15 is 0 Å². The SMILES string of the molecule is Cn1cc2ccc(NC(=O)c3ccccc3NCc3ccnc(NC(=O)N4CCC[C@@H]4O)c3)cc2n1.